The zero-order chi connectivity index (χ0) is 17.9. The molecular formula is C18H21N5O2S. The van der Waals surface area contributed by atoms with Gasteiger partial charge in [-0.3, -0.25) is 4.57 Å². The van der Waals surface area contributed by atoms with Crippen LogP contribution in [0, 0.1) is 0 Å². The Morgan fingerprint density at radius 2 is 2.12 bits per heavy atom. The van der Waals surface area contributed by atoms with Crippen LogP contribution in [-0.2, 0) is 6.54 Å². The molecule has 0 atom stereocenters. The number of aromatic amines is 1. The van der Waals surface area contributed by atoms with E-state index < -0.39 is 0 Å². The van der Waals surface area contributed by atoms with Gasteiger partial charge in [0.2, 0.25) is 0 Å². The number of rotatable bonds is 8. The van der Waals surface area contributed by atoms with Crippen molar-refractivity contribution in [3.05, 3.63) is 46.4 Å². The van der Waals surface area contributed by atoms with Crippen molar-refractivity contribution in [1.29, 1.82) is 0 Å². The molecule has 1 aliphatic carbocycles. The van der Waals surface area contributed by atoms with Gasteiger partial charge in [-0.05, 0) is 24.8 Å². The Kier molecular flexibility index (Phi) is 4.83. The average Bonchev–Trinajstić information content (AvgIpc) is 3.41. The first-order chi connectivity index (χ1) is 12.7. The van der Waals surface area contributed by atoms with Crippen LogP contribution in [0.25, 0.3) is 11.2 Å². The lowest BCUT2D eigenvalue weighted by Crippen LogP contribution is -2.17. The third-order valence-electron chi connectivity index (χ3n) is 4.12. The summed E-state index contributed by atoms with van der Waals surface area (Å²) in [5.41, 5.74) is 2.03. The highest BCUT2D eigenvalue weighted by molar-refractivity contribution is 7.95. The zero-order valence-corrected chi connectivity index (χ0v) is 15.4. The summed E-state index contributed by atoms with van der Waals surface area (Å²) in [5.74, 6) is 1.49. The van der Waals surface area contributed by atoms with Crippen molar-refractivity contribution in [3.8, 4) is 6.01 Å². The molecule has 2 N–H and O–H groups in total. The van der Waals surface area contributed by atoms with E-state index in [4.69, 9.17) is 4.18 Å². The third-order valence-corrected chi connectivity index (χ3v) is 4.97. The summed E-state index contributed by atoms with van der Waals surface area (Å²) in [4.78, 5) is 24.4. The van der Waals surface area contributed by atoms with Gasteiger partial charge in [0.05, 0.1) is 18.6 Å². The highest BCUT2D eigenvalue weighted by Crippen LogP contribution is 2.29. The molecule has 2 heterocycles. The maximum atomic E-state index is 12.5. The average molecular weight is 371 g/mol. The van der Waals surface area contributed by atoms with Gasteiger partial charge >= 0.3 is 11.7 Å². The zero-order valence-electron chi connectivity index (χ0n) is 14.6. The monoisotopic (exact) mass is 371 g/mol. The number of anilines is 1. The van der Waals surface area contributed by atoms with Crippen LogP contribution in [0.4, 0.5) is 5.82 Å². The second kappa shape index (κ2) is 7.41. The van der Waals surface area contributed by atoms with E-state index in [0.29, 0.717) is 29.6 Å². The fraction of sp³-hybridized carbons (Fsp3) is 0.389. The molecule has 1 aromatic carbocycles. The lowest BCUT2D eigenvalue weighted by Gasteiger charge is -2.09. The lowest BCUT2D eigenvalue weighted by molar-refractivity contribution is 0.586. The van der Waals surface area contributed by atoms with E-state index in [0.717, 1.165) is 30.6 Å². The minimum atomic E-state index is -0.199. The third kappa shape index (κ3) is 3.70. The number of H-pyrrole nitrogens is 1. The van der Waals surface area contributed by atoms with Gasteiger partial charge in [0.1, 0.15) is 5.52 Å². The highest BCUT2D eigenvalue weighted by atomic mass is 32.2. The molecule has 0 bridgehead atoms. The van der Waals surface area contributed by atoms with Crippen LogP contribution in [0.15, 0.2) is 35.1 Å². The molecular weight excluding hydrogens is 350 g/mol. The molecule has 0 radical (unpaired) electrons. The minimum Gasteiger partial charge on any atom is -0.389 e. The van der Waals surface area contributed by atoms with Gasteiger partial charge in [0.15, 0.2) is 11.5 Å². The maximum absolute atomic E-state index is 12.5. The molecule has 0 aliphatic heterocycles. The van der Waals surface area contributed by atoms with Gasteiger partial charge in [-0.2, -0.15) is 9.97 Å². The van der Waals surface area contributed by atoms with Crippen molar-refractivity contribution in [1.82, 2.24) is 19.5 Å². The maximum Gasteiger partial charge on any atom is 0.332 e. The number of hydrogen-bond acceptors (Lipinski definition) is 6. The number of fused-ring (bicyclic) bond motifs is 1. The van der Waals surface area contributed by atoms with Crippen molar-refractivity contribution in [2.75, 3.05) is 11.1 Å². The first-order valence-corrected chi connectivity index (χ1v) is 9.76. The van der Waals surface area contributed by atoms with Crippen LogP contribution >= 0.6 is 12.0 Å². The van der Waals surface area contributed by atoms with Crippen LogP contribution in [0.5, 0.6) is 6.01 Å². The van der Waals surface area contributed by atoms with Gasteiger partial charge in [-0.15, -0.1) is 0 Å². The minimum absolute atomic E-state index is 0.199. The molecule has 7 nitrogen and oxygen atoms in total. The second-order valence-corrected chi connectivity index (χ2v) is 7.19. The summed E-state index contributed by atoms with van der Waals surface area (Å²) in [5, 5.41) is 3.37. The summed E-state index contributed by atoms with van der Waals surface area (Å²) in [6, 6.07) is 10.5. The summed E-state index contributed by atoms with van der Waals surface area (Å²) in [7, 11) is 0. The van der Waals surface area contributed by atoms with Crippen molar-refractivity contribution in [3.63, 3.8) is 0 Å². The van der Waals surface area contributed by atoms with E-state index >= 15 is 0 Å². The first kappa shape index (κ1) is 17.0. The number of imidazole rings is 1. The molecule has 136 valence electrons. The Balaban J connectivity index is 1.74. The Morgan fingerprint density at radius 3 is 2.85 bits per heavy atom. The quantitative estimate of drug-likeness (QED) is 0.467. The van der Waals surface area contributed by atoms with Crippen LogP contribution in [-0.4, -0.2) is 31.3 Å². The van der Waals surface area contributed by atoms with Crippen LogP contribution in [0.3, 0.4) is 0 Å². The number of benzene rings is 1. The standard InChI is InChI=1S/C18H21N5O2S/c1-2-10-26-25-17-21-15(19-13-8-9-13)14-16(22-17)23(18(24)20-14)11-12-6-4-3-5-7-12/h3-7,13H,2,8-11H2,1H3,(H,20,24)(H,19,21,22). The summed E-state index contributed by atoms with van der Waals surface area (Å²) >= 11 is 1.32. The number of nitrogens with one attached hydrogen (secondary N) is 2. The largest absolute Gasteiger partial charge is 0.389 e. The van der Waals surface area contributed by atoms with E-state index in [-0.39, 0.29) is 11.7 Å². The van der Waals surface area contributed by atoms with Gasteiger partial charge < -0.3 is 14.5 Å². The van der Waals surface area contributed by atoms with Crippen molar-refractivity contribution in [2.24, 2.45) is 0 Å². The summed E-state index contributed by atoms with van der Waals surface area (Å²) in [6.45, 7) is 2.53. The Labute approximate surface area is 155 Å². The lowest BCUT2D eigenvalue weighted by atomic mass is 10.2. The van der Waals surface area contributed by atoms with E-state index in [1.807, 2.05) is 30.3 Å². The smallest absolute Gasteiger partial charge is 0.332 e. The normalized spacial score (nSPS) is 13.9. The Morgan fingerprint density at radius 1 is 1.31 bits per heavy atom. The number of hydrogen-bond donors (Lipinski definition) is 2. The summed E-state index contributed by atoms with van der Waals surface area (Å²) < 4.78 is 7.26. The molecule has 1 fully saturated rings. The van der Waals surface area contributed by atoms with Gasteiger partial charge in [-0.1, -0.05) is 37.3 Å². The predicted molar refractivity (Wildman–Crippen MR) is 104 cm³/mol. The SMILES string of the molecule is CCCSOc1nc(NC2CC2)c2[nH]c(=O)n(Cc3ccccc3)c2n1. The van der Waals surface area contributed by atoms with Crippen LogP contribution in [0.2, 0.25) is 0 Å². The van der Waals surface area contributed by atoms with Gasteiger partial charge in [0.25, 0.3) is 0 Å². The molecule has 3 aromatic rings. The Bertz CT molecular complexity index is 949. The molecule has 1 saturated carbocycles. The molecule has 4 rings (SSSR count). The van der Waals surface area contributed by atoms with Crippen molar-refractivity contribution in [2.45, 2.75) is 38.8 Å². The van der Waals surface area contributed by atoms with E-state index in [1.54, 1.807) is 4.57 Å². The fourth-order valence-electron chi connectivity index (χ4n) is 2.66. The molecule has 0 spiro atoms. The Hall–Kier alpha value is -2.48. The van der Waals surface area contributed by atoms with E-state index in [9.17, 15) is 4.79 Å². The predicted octanol–water partition coefficient (Wildman–Crippen LogP) is 3.18. The molecule has 1 aliphatic rings. The fourth-order valence-corrected chi connectivity index (χ4v) is 3.09. The van der Waals surface area contributed by atoms with E-state index in [2.05, 4.69) is 27.2 Å². The van der Waals surface area contributed by atoms with Crippen molar-refractivity contribution < 1.29 is 4.18 Å². The molecule has 0 amide bonds. The molecule has 8 heteroatoms. The number of nitrogens with zero attached hydrogens (tertiary/aromatic N) is 3. The second-order valence-electron chi connectivity index (χ2n) is 6.38. The van der Waals surface area contributed by atoms with Crippen LogP contribution < -0.4 is 15.2 Å². The molecule has 0 unspecified atom stereocenters. The highest BCUT2D eigenvalue weighted by Gasteiger charge is 2.25. The molecule has 0 saturated heterocycles. The first-order valence-electron chi connectivity index (χ1n) is 8.85. The topological polar surface area (TPSA) is 84.8 Å². The van der Waals surface area contributed by atoms with E-state index in [1.165, 1.54) is 12.0 Å². The van der Waals surface area contributed by atoms with Crippen LogP contribution in [0.1, 0.15) is 31.7 Å². The van der Waals surface area contributed by atoms with Crippen molar-refractivity contribution >= 4 is 29.0 Å². The van der Waals surface area contributed by atoms with Gasteiger partial charge in [-0.25, -0.2) is 4.79 Å². The number of aromatic nitrogens is 4. The summed E-state index contributed by atoms with van der Waals surface area (Å²) in [6.07, 6.45) is 3.23. The molecule has 2 aromatic heterocycles. The molecule has 26 heavy (non-hydrogen) atoms. The van der Waals surface area contributed by atoms with Gasteiger partial charge in [0, 0.05) is 11.8 Å².